The van der Waals surface area contributed by atoms with Crippen molar-refractivity contribution in [3.8, 4) is 11.1 Å². The average molecular weight is 486 g/mol. The Morgan fingerprint density at radius 2 is 1.55 bits per heavy atom. The summed E-state index contributed by atoms with van der Waals surface area (Å²) in [6.45, 7) is 0.0385. The van der Waals surface area contributed by atoms with Crippen LogP contribution in [0.5, 0.6) is 0 Å². The molecule has 0 spiro atoms. The molecule has 4 rings (SSSR count). The van der Waals surface area contributed by atoms with Gasteiger partial charge in [-0.2, -0.15) is 0 Å². The molecule has 0 saturated carbocycles. The Morgan fingerprint density at radius 1 is 0.903 bits per heavy atom. The Kier molecular flexibility index (Phi) is 6.37. The molecule has 0 aromatic heterocycles. The maximum absolute atomic E-state index is 13.5. The number of carbonyl (C=O) groups is 1. The van der Waals surface area contributed by atoms with Crippen molar-refractivity contribution in [1.29, 1.82) is 0 Å². The van der Waals surface area contributed by atoms with E-state index in [1.807, 2.05) is 48.5 Å². The molecule has 0 radical (unpaired) electrons. The number of ether oxygens (including phenoxy) is 1. The van der Waals surface area contributed by atoms with E-state index in [0.29, 0.717) is 12.0 Å². The fourth-order valence-corrected chi connectivity index (χ4v) is 4.60. The minimum Gasteiger partial charge on any atom is -0.433 e. The van der Waals surface area contributed by atoms with E-state index in [-0.39, 0.29) is 6.54 Å². The SMILES string of the molecule is O=C(NCc1ccc(F)c(F)c1)OC1(CCCCBr)c2ccccc2-c2ccccc21. The van der Waals surface area contributed by atoms with Gasteiger partial charge in [0.1, 0.15) is 0 Å². The average Bonchev–Trinajstić information content (AvgIpc) is 3.05. The van der Waals surface area contributed by atoms with E-state index in [4.69, 9.17) is 4.74 Å². The minimum atomic E-state index is -0.947. The Labute approximate surface area is 188 Å². The smallest absolute Gasteiger partial charge is 0.408 e. The first-order chi connectivity index (χ1) is 15.0. The third-order valence-corrected chi connectivity index (χ3v) is 6.18. The van der Waals surface area contributed by atoms with Crippen molar-refractivity contribution in [3.63, 3.8) is 0 Å². The van der Waals surface area contributed by atoms with Gasteiger partial charge in [-0.1, -0.05) is 70.5 Å². The molecule has 0 unspecified atom stereocenters. The van der Waals surface area contributed by atoms with Crippen LogP contribution in [0.15, 0.2) is 66.7 Å². The number of rotatable bonds is 7. The molecule has 160 valence electrons. The number of nitrogens with one attached hydrogen (secondary N) is 1. The summed E-state index contributed by atoms with van der Waals surface area (Å²) in [7, 11) is 0. The standard InChI is InChI=1S/C25H22BrF2NO2/c26-14-6-5-13-25(31-24(30)29-16-17-11-12-22(27)23(28)15-17)20-9-3-1-7-18(20)19-8-2-4-10-21(19)25/h1-4,7-12,15H,5-6,13-14,16H2,(H,29,30). The first-order valence-corrected chi connectivity index (χ1v) is 11.3. The third-order valence-electron chi connectivity index (χ3n) is 5.61. The Balaban J connectivity index is 1.62. The summed E-state index contributed by atoms with van der Waals surface area (Å²) in [5.41, 5.74) is 3.61. The number of benzene rings is 3. The van der Waals surface area contributed by atoms with Crippen LogP contribution in [0.25, 0.3) is 11.1 Å². The van der Waals surface area contributed by atoms with E-state index in [1.54, 1.807) is 0 Å². The van der Waals surface area contributed by atoms with Crippen molar-refractivity contribution in [2.24, 2.45) is 0 Å². The number of halogens is 3. The monoisotopic (exact) mass is 485 g/mol. The quantitative estimate of drug-likeness (QED) is 0.299. The summed E-state index contributed by atoms with van der Waals surface area (Å²) in [6.07, 6.45) is 1.86. The molecular formula is C25H22BrF2NO2. The van der Waals surface area contributed by atoms with Crippen LogP contribution in [0, 0.1) is 11.6 Å². The van der Waals surface area contributed by atoms with Crippen LogP contribution in [0.1, 0.15) is 36.0 Å². The van der Waals surface area contributed by atoms with Crippen LogP contribution >= 0.6 is 15.9 Å². The number of hydrogen-bond acceptors (Lipinski definition) is 2. The van der Waals surface area contributed by atoms with Gasteiger partial charge in [0.05, 0.1) is 0 Å². The number of amides is 1. The summed E-state index contributed by atoms with van der Waals surface area (Å²) in [4.78, 5) is 12.9. The Bertz CT molecular complexity index is 1060. The molecule has 1 aliphatic rings. The maximum Gasteiger partial charge on any atom is 0.408 e. The molecule has 3 nitrogen and oxygen atoms in total. The molecule has 3 aromatic carbocycles. The molecular weight excluding hydrogens is 464 g/mol. The number of alkyl carbamates (subject to hydrolysis) is 1. The molecule has 0 atom stereocenters. The Hall–Kier alpha value is -2.73. The molecule has 1 N–H and O–H groups in total. The van der Waals surface area contributed by atoms with E-state index >= 15 is 0 Å². The van der Waals surface area contributed by atoms with Crippen LogP contribution in [0.2, 0.25) is 0 Å². The van der Waals surface area contributed by atoms with Gasteiger partial charge in [-0.3, -0.25) is 0 Å². The minimum absolute atomic E-state index is 0.0385. The summed E-state index contributed by atoms with van der Waals surface area (Å²) in [5.74, 6) is -1.87. The van der Waals surface area contributed by atoms with Gasteiger partial charge in [0, 0.05) is 23.0 Å². The van der Waals surface area contributed by atoms with E-state index < -0.39 is 23.3 Å². The fraction of sp³-hybridized carbons (Fsp3) is 0.240. The van der Waals surface area contributed by atoms with Crippen LogP contribution in [-0.4, -0.2) is 11.4 Å². The molecule has 0 heterocycles. The van der Waals surface area contributed by atoms with Gasteiger partial charge in [-0.05, 0) is 48.1 Å². The number of alkyl halides is 1. The summed E-state index contributed by atoms with van der Waals surface area (Å²) in [5, 5.41) is 3.56. The molecule has 3 aromatic rings. The lowest BCUT2D eigenvalue weighted by Crippen LogP contribution is -2.37. The van der Waals surface area contributed by atoms with Crippen molar-refractivity contribution >= 4 is 22.0 Å². The molecule has 0 aliphatic heterocycles. The zero-order valence-corrected chi connectivity index (χ0v) is 18.4. The van der Waals surface area contributed by atoms with Gasteiger partial charge in [-0.15, -0.1) is 0 Å². The third kappa shape index (κ3) is 4.22. The summed E-state index contributed by atoms with van der Waals surface area (Å²) < 4.78 is 32.8. The van der Waals surface area contributed by atoms with E-state index in [0.717, 1.165) is 52.6 Å². The lowest BCUT2D eigenvalue weighted by molar-refractivity contribution is 0.0334. The van der Waals surface area contributed by atoms with Gasteiger partial charge in [0.25, 0.3) is 0 Å². The van der Waals surface area contributed by atoms with E-state index in [9.17, 15) is 13.6 Å². The van der Waals surface area contributed by atoms with Crippen molar-refractivity contribution in [3.05, 3.63) is 95.1 Å². The van der Waals surface area contributed by atoms with E-state index in [2.05, 4.69) is 21.2 Å². The highest BCUT2D eigenvalue weighted by atomic mass is 79.9. The normalized spacial score (nSPS) is 13.4. The van der Waals surface area contributed by atoms with Crippen molar-refractivity contribution in [2.45, 2.75) is 31.4 Å². The molecule has 0 fully saturated rings. The zero-order chi connectivity index (χ0) is 21.8. The van der Waals surface area contributed by atoms with Gasteiger partial charge in [-0.25, -0.2) is 13.6 Å². The highest BCUT2D eigenvalue weighted by Crippen LogP contribution is 2.52. The van der Waals surface area contributed by atoms with Crippen LogP contribution < -0.4 is 5.32 Å². The maximum atomic E-state index is 13.5. The van der Waals surface area contributed by atoms with Crippen molar-refractivity contribution < 1.29 is 18.3 Å². The highest BCUT2D eigenvalue weighted by molar-refractivity contribution is 9.09. The first-order valence-electron chi connectivity index (χ1n) is 10.2. The molecule has 6 heteroatoms. The molecule has 1 amide bonds. The van der Waals surface area contributed by atoms with E-state index in [1.165, 1.54) is 6.07 Å². The number of unbranched alkanes of at least 4 members (excludes halogenated alkanes) is 1. The number of carbonyl (C=O) groups excluding carboxylic acids is 1. The van der Waals surface area contributed by atoms with Crippen LogP contribution in [-0.2, 0) is 16.9 Å². The predicted molar refractivity (Wildman–Crippen MR) is 120 cm³/mol. The van der Waals surface area contributed by atoms with Crippen molar-refractivity contribution in [2.75, 3.05) is 5.33 Å². The van der Waals surface area contributed by atoms with Crippen molar-refractivity contribution in [1.82, 2.24) is 5.32 Å². The molecule has 0 bridgehead atoms. The molecule has 1 aliphatic carbocycles. The predicted octanol–water partition coefficient (Wildman–Crippen LogP) is 6.68. The van der Waals surface area contributed by atoms with Gasteiger partial charge < -0.3 is 10.1 Å². The molecule has 31 heavy (non-hydrogen) atoms. The van der Waals surface area contributed by atoms with Crippen LogP contribution in [0.4, 0.5) is 13.6 Å². The second-order valence-corrected chi connectivity index (χ2v) is 8.35. The Morgan fingerprint density at radius 3 is 2.16 bits per heavy atom. The summed E-state index contributed by atoms with van der Waals surface area (Å²) >= 11 is 3.48. The first kappa shape index (κ1) is 21.5. The second kappa shape index (κ2) is 9.18. The number of hydrogen-bond donors (Lipinski definition) is 1. The lowest BCUT2D eigenvalue weighted by atomic mass is 9.86. The van der Waals surface area contributed by atoms with Gasteiger partial charge in [0.2, 0.25) is 0 Å². The zero-order valence-electron chi connectivity index (χ0n) is 16.8. The molecule has 0 saturated heterocycles. The topological polar surface area (TPSA) is 38.3 Å². The van der Waals surface area contributed by atoms with Gasteiger partial charge >= 0.3 is 6.09 Å². The second-order valence-electron chi connectivity index (χ2n) is 7.56. The fourth-order valence-electron chi connectivity index (χ4n) is 4.20. The highest BCUT2D eigenvalue weighted by Gasteiger charge is 2.46. The number of fused-ring (bicyclic) bond motifs is 3. The lowest BCUT2D eigenvalue weighted by Gasteiger charge is -2.32. The largest absolute Gasteiger partial charge is 0.433 e. The van der Waals surface area contributed by atoms with Crippen LogP contribution in [0.3, 0.4) is 0 Å². The van der Waals surface area contributed by atoms with Gasteiger partial charge in [0.15, 0.2) is 17.2 Å². The summed E-state index contributed by atoms with van der Waals surface area (Å²) in [6, 6.07) is 19.5.